The van der Waals surface area contributed by atoms with Crippen molar-refractivity contribution in [3.63, 3.8) is 0 Å². The highest BCUT2D eigenvalue weighted by atomic mass is 32.2. The highest BCUT2D eigenvalue weighted by Crippen LogP contribution is 2.18. The summed E-state index contributed by atoms with van der Waals surface area (Å²) in [6.07, 6.45) is 0. The Labute approximate surface area is 97.8 Å². The van der Waals surface area contributed by atoms with E-state index in [0.717, 1.165) is 5.69 Å². The van der Waals surface area contributed by atoms with E-state index in [2.05, 4.69) is 5.32 Å². The second-order valence-electron chi connectivity index (χ2n) is 4.42. The van der Waals surface area contributed by atoms with Crippen LogP contribution in [0, 0.1) is 0 Å². The number of nitrogens with one attached hydrogen (secondary N) is 1. The molecule has 0 amide bonds. The molecule has 0 saturated carbocycles. The summed E-state index contributed by atoms with van der Waals surface area (Å²) >= 11 is 0. The summed E-state index contributed by atoms with van der Waals surface area (Å²) in [5.74, 6) is 0. The van der Waals surface area contributed by atoms with E-state index < -0.39 is 9.84 Å². The molecule has 0 bridgehead atoms. The van der Waals surface area contributed by atoms with Crippen LogP contribution in [0.3, 0.4) is 0 Å². The summed E-state index contributed by atoms with van der Waals surface area (Å²) in [4.78, 5) is 0.386. The fourth-order valence-corrected chi connectivity index (χ4v) is 2.41. The molecule has 0 atom stereocenters. The molecule has 90 valence electrons. The highest BCUT2D eigenvalue weighted by Gasteiger charge is 2.18. The first-order valence-corrected chi connectivity index (χ1v) is 6.99. The van der Waals surface area contributed by atoms with Crippen molar-refractivity contribution in [1.82, 2.24) is 0 Å². The van der Waals surface area contributed by atoms with Gasteiger partial charge < -0.3 is 5.32 Å². The first-order chi connectivity index (χ1) is 7.34. The van der Waals surface area contributed by atoms with Crippen LogP contribution in [0.1, 0.15) is 27.7 Å². The maximum absolute atomic E-state index is 11.8. The Morgan fingerprint density at radius 1 is 1.00 bits per heavy atom. The van der Waals surface area contributed by atoms with Crippen molar-refractivity contribution in [2.75, 3.05) is 5.32 Å². The van der Waals surface area contributed by atoms with Crippen LogP contribution in [0.15, 0.2) is 29.2 Å². The Morgan fingerprint density at radius 3 is 1.88 bits per heavy atom. The summed E-state index contributed by atoms with van der Waals surface area (Å²) in [6, 6.07) is 7.25. The molecular weight excluding hydrogens is 222 g/mol. The average Bonchev–Trinajstić information content (AvgIpc) is 2.17. The van der Waals surface area contributed by atoms with Crippen LogP contribution in [0.5, 0.6) is 0 Å². The van der Waals surface area contributed by atoms with E-state index in [9.17, 15) is 8.42 Å². The van der Waals surface area contributed by atoms with Crippen LogP contribution < -0.4 is 5.32 Å². The van der Waals surface area contributed by atoms with Gasteiger partial charge in [0, 0.05) is 11.7 Å². The molecule has 0 aromatic heterocycles. The molecule has 1 rings (SSSR count). The van der Waals surface area contributed by atoms with Crippen LogP contribution in [-0.4, -0.2) is 19.7 Å². The lowest BCUT2D eigenvalue weighted by molar-refractivity contribution is 0.587. The van der Waals surface area contributed by atoms with Gasteiger partial charge in [0.2, 0.25) is 0 Å². The van der Waals surface area contributed by atoms with Gasteiger partial charge in [-0.1, -0.05) is 0 Å². The Morgan fingerprint density at radius 2 is 1.50 bits per heavy atom. The van der Waals surface area contributed by atoms with Gasteiger partial charge in [0.25, 0.3) is 0 Å². The SMILES string of the molecule is CC(C)Nc1ccc(S(=O)(=O)C(C)C)cc1. The normalized spacial score (nSPS) is 12.1. The minimum absolute atomic E-state index is 0.340. The molecule has 4 heteroatoms. The third kappa shape index (κ3) is 2.98. The summed E-state index contributed by atoms with van der Waals surface area (Å²) in [7, 11) is -3.15. The van der Waals surface area contributed by atoms with Crippen molar-refractivity contribution in [1.29, 1.82) is 0 Å². The lowest BCUT2D eigenvalue weighted by atomic mass is 10.3. The van der Waals surface area contributed by atoms with Gasteiger partial charge >= 0.3 is 0 Å². The lowest BCUT2D eigenvalue weighted by Gasteiger charge is -2.11. The van der Waals surface area contributed by atoms with Gasteiger partial charge in [-0.05, 0) is 52.0 Å². The average molecular weight is 241 g/mol. The van der Waals surface area contributed by atoms with Gasteiger partial charge in [-0.25, -0.2) is 8.42 Å². The number of anilines is 1. The quantitative estimate of drug-likeness (QED) is 0.881. The van der Waals surface area contributed by atoms with E-state index >= 15 is 0 Å². The summed E-state index contributed by atoms with van der Waals surface area (Å²) in [5, 5.41) is 2.84. The molecule has 1 N–H and O–H groups in total. The Hall–Kier alpha value is -1.03. The molecule has 0 aliphatic carbocycles. The summed E-state index contributed by atoms with van der Waals surface area (Å²) in [6.45, 7) is 7.46. The third-order valence-electron chi connectivity index (χ3n) is 2.26. The van der Waals surface area contributed by atoms with Gasteiger partial charge in [0.1, 0.15) is 0 Å². The van der Waals surface area contributed by atoms with E-state index in [1.165, 1.54) is 0 Å². The highest BCUT2D eigenvalue weighted by molar-refractivity contribution is 7.92. The zero-order valence-electron chi connectivity index (χ0n) is 10.2. The molecule has 0 unspecified atom stereocenters. The van der Waals surface area contributed by atoms with E-state index in [0.29, 0.717) is 10.9 Å². The number of benzene rings is 1. The molecule has 16 heavy (non-hydrogen) atoms. The Balaban J connectivity index is 2.96. The van der Waals surface area contributed by atoms with Crippen molar-refractivity contribution < 1.29 is 8.42 Å². The third-order valence-corrected chi connectivity index (χ3v) is 4.43. The van der Waals surface area contributed by atoms with Crippen molar-refractivity contribution in [2.45, 2.75) is 43.9 Å². The summed E-state index contributed by atoms with van der Waals surface area (Å²) < 4.78 is 23.7. The molecule has 0 fully saturated rings. The van der Waals surface area contributed by atoms with E-state index in [-0.39, 0.29) is 5.25 Å². The van der Waals surface area contributed by atoms with Crippen molar-refractivity contribution in [3.05, 3.63) is 24.3 Å². The topological polar surface area (TPSA) is 46.2 Å². The molecule has 1 aromatic carbocycles. The first-order valence-electron chi connectivity index (χ1n) is 5.44. The molecule has 0 spiro atoms. The molecule has 1 aromatic rings. The fraction of sp³-hybridized carbons (Fsp3) is 0.500. The van der Waals surface area contributed by atoms with Gasteiger partial charge in [0.15, 0.2) is 9.84 Å². The van der Waals surface area contributed by atoms with Gasteiger partial charge in [-0.3, -0.25) is 0 Å². The van der Waals surface area contributed by atoms with E-state index in [1.807, 2.05) is 13.8 Å². The predicted octanol–water partition coefficient (Wildman–Crippen LogP) is 2.69. The number of rotatable bonds is 4. The van der Waals surface area contributed by atoms with Crippen molar-refractivity contribution in [3.8, 4) is 0 Å². The Bertz CT molecular complexity index is 433. The van der Waals surface area contributed by atoms with Gasteiger partial charge in [0.05, 0.1) is 10.1 Å². The smallest absolute Gasteiger partial charge is 0.180 e. The van der Waals surface area contributed by atoms with Crippen molar-refractivity contribution >= 4 is 15.5 Å². The molecule has 0 aliphatic rings. The number of hydrogen-bond donors (Lipinski definition) is 1. The maximum Gasteiger partial charge on any atom is 0.180 e. The van der Waals surface area contributed by atoms with E-state index in [1.54, 1.807) is 38.1 Å². The maximum atomic E-state index is 11.8. The van der Waals surface area contributed by atoms with Gasteiger partial charge in [-0.15, -0.1) is 0 Å². The standard InChI is InChI=1S/C12H19NO2S/c1-9(2)13-11-5-7-12(8-6-11)16(14,15)10(3)4/h5-10,13H,1-4H3. The van der Waals surface area contributed by atoms with Crippen LogP contribution >= 0.6 is 0 Å². The molecule has 0 radical (unpaired) electrons. The molecule has 0 heterocycles. The largest absolute Gasteiger partial charge is 0.383 e. The first kappa shape index (κ1) is 13.0. The van der Waals surface area contributed by atoms with Crippen LogP contribution in [0.2, 0.25) is 0 Å². The molecular formula is C12H19NO2S. The van der Waals surface area contributed by atoms with Crippen LogP contribution in [0.25, 0.3) is 0 Å². The lowest BCUT2D eigenvalue weighted by Crippen LogP contribution is -2.14. The summed E-state index contributed by atoms with van der Waals surface area (Å²) in [5.41, 5.74) is 0.942. The molecule has 3 nitrogen and oxygen atoms in total. The van der Waals surface area contributed by atoms with Crippen LogP contribution in [-0.2, 0) is 9.84 Å². The second-order valence-corrected chi connectivity index (χ2v) is 6.92. The van der Waals surface area contributed by atoms with Crippen LogP contribution in [0.4, 0.5) is 5.69 Å². The predicted molar refractivity (Wildman–Crippen MR) is 67.5 cm³/mol. The van der Waals surface area contributed by atoms with E-state index in [4.69, 9.17) is 0 Å². The monoisotopic (exact) mass is 241 g/mol. The van der Waals surface area contributed by atoms with Crippen molar-refractivity contribution in [2.24, 2.45) is 0 Å². The number of hydrogen-bond acceptors (Lipinski definition) is 3. The van der Waals surface area contributed by atoms with Gasteiger partial charge in [-0.2, -0.15) is 0 Å². The minimum atomic E-state index is -3.15. The molecule has 0 saturated heterocycles. The Kier molecular flexibility index (Phi) is 3.97. The zero-order valence-corrected chi connectivity index (χ0v) is 11.0. The number of sulfone groups is 1. The minimum Gasteiger partial charge on any atom is -0.383 e. The zero-order chi connectivity index (χ0) is 12.3. The second kappa shape index (κ2) is 4.87. The fourth-order valence-electron chi connectivity index (χ4n) is 1.35. The molecule has 0 aliphatic heterocycles.